The van der Waals surface area contributed by atoms with E-state index in [1.807, 2.05) is 91.0 Å². The number of hydrogen-bond acceptors (Lipinski definition) is 2. The summed E-state index contributed by atoms with van der Waals surface area (Å²) in [6, 6.07) is 28.4. The zero-order valence-corrected chi connectivity index (χ0v) is 13.2. The van der Waals surface area contributed by atoms with Crippen molar-refractivity contribution in [1.82, 2.24) is 5.32 Å². The summed E-state index contributed by atoms with van der Waals surface area (Å²) in [6.07, 6.45) is 0. The molecule has 0 heterocycles. The van der Waals surface area contributed by atoms with Crippen LogP contribution in [-0.4, -0.2) is 11.1 Å². The average Bonchev–Trinajstić information content (AvgIpc) is 2.65. The highest BCUT2D eigenvalue weighted by molar-refractivity contribution is 5.85. The fraction of sp³-hybridized carbons (Fsp3) is 0.0952. The minimum atomic E-state index is -1.29. The molecular formula is C21H19NO2. The lowest BCUT2D eigenvalue weighted by molar-refractivity contribution is -0.143. The largest absolute Gasteiger partial charge is 0.479 e. The number of rotatable bonds is 6. The van der Waals surface area contributed by atoms with E-state index in [9.17, 15) is 9.90 Å². The van der Waals surface area contributed by atoms with E-state index in [0.717, 1.165) is 5.56 Å². The maximum Gasteiger partial charge on any atom is 0.333 e. The van der Waals surface area contributed by atoms with Crippen LogP contribution in [0.3, 0.4) is 0 Å². The Bertz CT molecular complexity index is 746. The van der Waals surface area contributed by atoms with E-state index < -0.39 is 11.5 Å². The van der Waals surface area contributed by atoms with Gasteiger partial charge < -0.3 is 5.11 Å². The van der Waals surface area contributed by atoms with Gasteiger partial charge in [-0.15, -0.1) is 0 Å². The van der Waals surface area contributed by atoms with Gasteiger partial charge in [0.15, 0.2) is 5.54 Å². The third-order valence-electron chi connectivity index (χ3n) is 4.13. The van der Waals surface area contributed by atoms with E-state index in [4.69, 9.17) is 0 Å². The Morgan fingerprint density at radius 3 is 1.58 bits per heavy atom. The summed E-state index contributed by atoms with van der Waals surface area (Å²) in [5, 5.41) is 13.4. The first kappa shape index (κ1) is 16.0. The highest BCUT2D eigenvalue weighted by atomic mass is 16.4. The van der Waals surface area contributed by atoms with Crippen LogP contribution in [0.2, 0.25) is 0 Å². The molecule has 3 aromatic carbocycles. The van der Waals surface area contributed by atoms with Crippen LogP contribution in [0, 0.1) is 0 Å². The molecule has 0 spiro atoms. The van der Waals surface area contributed by atoms with Crippen LogP contribution in [0.15, 0.2) is 91.0 Å². The molecule has 0 saturated heterocycles. The second-order valence-electron chi connectivity index (χ2n) is 5.63. The van der Waals surface area contributed by atoms with Gasteiger partial charge in [0.05, 0.1) is 0 Å². The van der Waals surface area contributed by atoms with Crippen LogP contribution in [0.5, 0.6) is 0 Å². The summed E-state index contributed by atoms with van der Waals surface area (Å²) < 4.78 is 0. The van der Waals surface area contributed by atoms with Crippen molar-refractivity contribution < 1.29 is 9.90 Å². The van der Waals surface area contributed by atoms with Crippen LogP contribution in [0.4, 0.5) is 0 Å². The monoisotopic (exact) mass is 317 g/mol. The van der Waals surface area contributed by atoms with E-state index in [1.165, 1.54) is 0 Å². The summed E-state index contributed by atoms with van der Waals surface area (Å²) in [5.74, 6) is -0.921. The van der Waals surface area contributed by atoms with Gasteiger partial charge in [0.1, 0.15) is 0 Å². The summed E-state index contributed by atoms with van der Waals surface area (Å²) in [5.41, 5.74) is 1.16. The fourth-order valence-corrected chi connectivity index (χ4v) is 2.90. The summed E-state index contributed by atoms with van der Waals surface area (Å²) >= 11 is 0. The molecule has 0 fully saturated rings. The highest BCUT2D eigenvalue weighted by Gasteiger charge is 2.41. The number of hydrogen-bond donors (Lipinski definition) is 2. The van der Waals surface area contributed by atoms with Gasteiger partial charge in [0.25, 0.3) is 0 Å². The standard InChI is InChI=1S/C21H19NO2/c23-20(24)21(18-12-6-2-7-13-18,19-14-8-3-9-15-19)22-16-17-10-4-1-5-11-17/h1-15,22H,16H2,(H,23,24). The lowest BCUT2D eigenvalue weighted by Crippen LogP contribution is -2.49. The quantitative estimate of drug-likeness (QED) is 0.727. The van der Waals surface area contributed by atoms with Crippen LogP contribution < -0.4 is 5.32 Å². The molecule has 3 aromatic rings. The van der Waals surface area contributed by atoms with E-state index >= 15 is 0 Å². The number of benzene rings is 3. The summed E-state index contributed by atoms with van der Waals surface area (Å²) in [6.45, 7) is 0.455. The van der Waals surface area contributed by atoms with Crippen LogP contribution >= 0.6 is 0 Å². The van der Waals surface area contributed by atoms with E-state index in [2.05, 4.69) is 5.32 Å². The molecule has 2 N–H and O–H groups in total. The molecule has 3 nitrogen and oxygen atoms in total. The number of aliphatic carboxylic acids is 1. The van der Waals surface area contributed by atoms with Gasteiger partial charge >= 0.3 is 5.97 Å². The first-order valence-corrected chi connectivity index (χ1v) is 7.87. The van der Waals surface area contributed by atoms with E-state index in [0.29, 0.717) is 17.7 Å². The zero-order valence-electron chi connectivity index (χ0n) is 13.2. The molecule has 0 aliphatic carbocycles. The molecule has 0 amide bonds. The Kier molecular flexibility index (Phi) is 4.73. The lowest BCUT2D eigenvalue weighted by atomic mass is 9.82. The average molecular weight is 317 g/mol. The molecule has 0 aliphatic heterocycles. The highest BCUT2D eigenvalue weighted by Crippen LogP contribution is 2.30. The molecule has 0 radical (unpaired) electrons. The van der Waals surface area contributed by atoms with Gasteiger partial charge in [-0.05, 0) is 16.7 Å². The van der Waals surface area contributed by atoms with Crippen LogP contribution in [-0.2, 0) is 16.9 Å². The third-order valence-corrected chi connectivity index (χ3v) is 4.13. The van der Waals surface area contributed by atoms with Crippen LogP contribution in [0.1, 0.15) is 16.7 Å². The third kappa shape index (κ3) is 3.07. The van der Waals surface area contributed by atoms with Crippen molar-refractivity contribution in [2.45, 2.75) is 12.1 Å². The van der Waals surface area contributed by atoms with Gasteiger partial charge in [-0.1, -0.05) is 91.0 Å². The number of carbonyl (C=O) groups is 1. The minimum absolute atomic E-state index is 0.455. The van der Waals surface area contributed by atoms with E-state index in [-0.39, 0.29) is 0 Å². The molecule has 24 heavy (non-hydrogen) atoms. The lowest BCUT2D eigenvalue weighted by Gasteiger charge is -2.32. The smallest absolute Gasteiger partial charge is 0.333 e. The molecule has 0 atom stereocenters. The first-order valence-electron chi connectivity index (χ1n) is 7.87. The van der Waals surface area contributed by atoms with Crippen molar-refractivity contribution in [1.29, 1.82) is 0 Å². The Morgan fingerprint density at radius 2 is 1.17 bits per heavy atom. The second kappa shape index (κ2) is 7.11. The Balaban J connectivity index is 2.07. The molecule has 0 aliphatic rings. The molecular weight excluding hydrogens is 298 g/mol. The van der Waals surface area contributed by atoms with Crippen molar-refractivity contribution >= 4 is 5.97 Å². The molecule has 0 bridgehead atoms. The number of carboxylic acids is 1. The van der Waals surface area contributed by atoms with Crippen LogP contribution in [0.25, 0.3) is 0 Å². The van der Waals surface area contributed by atoms with Crippen molar-refractivity contribution in [2.75, 3.05) is 0 Å². The molecule has 3 rings (SSSR count). The first-order chi connectivity index (χ1) is 11.7. The molecule has 0 saturated carbocycles. The molecule has 0 aromatic heterocycles. The topological polar surface area (TPSA) is 49.3 Å². The predicted molar refractivity (Wildman–Crippen MR) is 94.6 cm³/mol. The van der Waals surface area contributed by atoms with Gasteiger partial charge in [0.2, 0.25) is 0 Å². The normalized spacial score (nSPS) is 11.2. The minimum Gasteiger partial charge on any atom is -0.479 e. The van der Waals surface area contributed by atoms with Crippen molar-refractivity contribution in [3.05, 3.63) is 108 Å². The van der Waals surface area contributed by atoms with E-state index in [1.54, 1.807) is 0 Å². The molecule has 0 unspecified atom stereocenters. The summed E-state index contributed by atoms with van der Waals surface area (Å²) in [4.78, 5) is 12.4. The predicted octanol–water partition coefficient (Wildman–Crippen LogP) is 3.80. The number of carboxylic acid groups (broad SMARTS) is 1. The van der Waals surface area contributed by atoms with Gasteiger partial charge in [0, 0.05) is 6.54 Å². The second-order valence-corrected chi connectivity index (χ2v) is 5.63. The summed E-state index contributed by atoms with van der Waals surface area (Å²) in [7, 11) is 0. The zero-order chi connectivity index (χ0) is 16.8. The van der Waals surface area contributed by atoms with Gasteiger partial charge in [-0.2, -0.15) is 0 Å². The Labute approximate surface area is 141 Å². The maximum absolute atomic E-state index is 12.4. The SMILES string of the molecule is O=C(O)C(NCc1ccccc1)(c1ccccc1)c1ccccc1. The Morgan fingerprint density at radius 1 is 0.750 bits per heavy atom. The Hall–Kier alpha value is -2.91. The van der Waals surface area contributed by atoms with Crippen molar-refractivity contribution in [2.24, 2.45) is 0 Å². The van der Waals surface area contributed by atoms with Gasteiger partial charge in [-0.25, -0.2) is 4.79 Å². The molecule has 120 valence electrons. The number of nitrogens with one attached hydrogen (secondary N) is 1. The fourth-order valence-electron chi connectivity index (χ4n) is 2.90. The molecule has 3 heteroatoms. The maximum atomic E-state index is 12.4. The van der Waals surface area contributed by atoms with Crippen molar-refractivity contribution in [3.8, 4) is 0 Å². The van der Waals surface area contributed by atoms with Crippen molar-refractivity contribution in [3.63, 3.8) is 0 Å². The van der Waals surface area contributed by atoms with Gasteiger partial charge in [-0.3, -0.25) is 5.32 Å².